The number of alkyl halides is 2. The number of nitriles is 1. The molecule has 0 aromatic heterocycles. The SMILES string of the molecule is CC(C)(C)OC(=O)N1CCN(C/C=C/C#N)CC1C(F)F. The van der Waals surface area contributed by atoms with E-state index in [0.717, 1.165) is 4.90 Å². The molecule has 1 rings (SSSR count). The number of hydrogen-bond donors (Lipinski definition) is 0. The zero-order valence-electron chi connectivity index (χ0n) is 12.6. The number of hydrogen-bond acceptors (Lipinski definition) is 4. The molecule has 1 aliphatic heterocycles. The zero-order chi connectivity index (χ0) is 16.0. The summed E-state index contributed by atoms with van der Waals surface area (Å²) >= 11 is 0. The van der Waals surface area contributed by atoms with Gasteiger partial charge in [-0.05, 0) is 20.8 Å². The Hall–Kier alpha value is -1.68. The first-order valence-electron chi connectivity index (χ1n) is 6.79. The molecule has 5 nitrogen and oxygen atoms in total. The van der Waals surface area contributed by atoms with Crippen molar-refractivity contribution in [3.05, 3.63) is 12.2 Å². The lowest BCUT2D eigenvalue weighted by Gasteiger charge is -2.40. The number of ether oxygens (including phenoxy) is 1. The molecule has 0 N–H and O–H groups in total. The number of carbonyl (C=O) groups excluding carboxylic acids is 1. The van der Waals surface area contributed by atoms with Gasteiger partial charge in [0.05, 0.1) is 6.07 Å². The van der Waals surface area contributed by atoms with Crippen molar-refractivity contribution >= 4 is 6.09 Å². The molecule has 1 amide bonds. The molecular formula is C14H21F2N3O2. The van der Waals surface area contributed by atoms with Crippen LogP contribution in [0, 0.1) is 11.3 Å². The second-order valence-electron chi connectivity index (χ2n) is 5.87. The van der Waals surface area contributed by atoms with Gasteiger partial charge in [-0.15, -0.1) is 0 Å². The van der Waals surface area contributed by atoms with Crippen molar-refractivity contribution in [3.8, 4) is 6.07 Å². The van der Waals surface area contributed by atoms with Crippen LogP contribution in [-0.4, -0.2) is 60.1 Å². The Morgan fingerprint density at radius 1 is 1.48 bits per heavy atom. The number of carbonyl (C=O) groups is 1. The fourth-order valence-corrected chi connectivity index (χ4v) is 2.05. The Morgan fingerprint density at radius 3 is 2.67 bits per heavy atom. The van der Waals surface area contributed by atoms with Gasteiger partial charge in [0.1, 0.15) is 11.6 Å². The molecule has 0 aromatic carbocycles. The minimum atomic E-state index is -2.64. The first-order valence-corrected chi connectivity index (χ1v) is 6.79. The first-order chi connectivity index (χ1) is 9.74. The summed E-state index contributed by atoms with van der Waals surface area (Å²) in [5.41, 5.74) is -0.712. The third-order valence-electron chi connectivity index (χ3n) is 2.98. The van der Waals surface area contributed by atoms with Crippen molar-refractivity contribution in [1.29, 1.82) is 5.26 Å². The zero-order valence-corrected chi connectivity index (χ0v) is 12.6. The van der Waals surface area contributed by atoms with Crippen LogP contribution in [0.4, 0.5) is 13.6 Å². The molecule has 1 unspecified atom stereocenters. The van der Waals surface area contributed by atoms with Crippen LogP contribution in [0.3, 0.4) is 0 Å². The van der Waals surface area contributed by atoms with Crippen molar-refractivity contribution in [2.45, 2.75) is 38.8 Å². The van der Waals surface area contributed by atoms with Gasteiger partial charge in [-0.25, -0.2) is 13.6 Å². The number of rotatable bonds is 3. The van der Waals surface area contributed by atoms with Crippen molar-refractivity contribution in [1.82, 2.24) is 9.80 Å². The lowest BCUT2D eigenvalue weighted by Crippen LogP contribution is -2.58. The van der Waals surface area contributed by atoms with Crippen LogP contribution < -0.4 is 0 Å². The molecule has 0 saturated carbocycles. The summed E-state index contributed by atoms with van der Waals surface area (Å²) in [6.45, 7) is 6.23. The Labute approximate surface area is 123 Å². The van der Waals surface area contributed by atoms with E-state index in [9.17, 15) is 13.6 Å². The maximum atomic E-state index is 13.2. The minimum Gasteiger partial charge on any atom is -0.444 e. The Bertz CT molecular complexity index is 427. The second kappa shape index (κ2) is 7.36. The third kappa shape index (κ3) is 5.68. The molecule has 0 radical (unpaired) electrons. The van der Waals surface area contributed by atoms with Crippen LogP contribution in [0.15, 0.2) is 12.2 Å². The largest absolute Gasteiger partial charge is 0.444 e. The molecular weight excluding hydrogens is 280 g/mol. The molecule has 21 heavy (non-hydrogen) atoms. The topological polar surface area (TPSA) is 56.6 Å². The number of allylic oxidation sites excluding steroid dienone is 1. The minimum absolute atomic E-state index is 0.0622. The predicted molar refractivity (Wildman–Crippen MR) is 73.9 cm³/mol. The van der Waals surface area contributed by atoms with Gasteiger partial charge in [0.25, 0.3) is 6.43 Å². The maximum absolute atomic E-state index is 13.2. The highest BCUT2D eigenvalue weighted by atomic mass is 19.3. The van der Waals surface area contributed by atoms with E-state index in [1.807, 2.05) is 6.07 Å². The standard InChI is InChI=1S/C14H21F2N3O2/c1-14(2,3)21-13(20)19-9-8-18(7-5-4-6-17)10-11(19)12(15)16/h4-5,11-12H,7-10H2,1-3H3/b5-4+. The van der Waals surface area contributed by atoms with E-state index < -0.39 is 24.2 Å². The van der Waals surface area contributed by atoms with E-state index in [1.165, 1.54) is 6.08 Å². The van der Waals surface area contributed by atoms with E-state index in [-0.39, 0.29) is 13.1 Å². The smallest absolute Gasteiger partial charge is 0.410 e. The summed E-state index contributed by atoms with van der Waals surface area (Å²) in [7, 11) is 0. The molecule has 1 aliphatic rings. The molecule has 0 aliphatic carbocycles. The summed E-state index contributed by atoms with van der Waals surface area (Å²) < 4.78 is 31.5. The van der Waals surface area contributed by atoms with Gasteiger partial charge in [0, 0.05) is 32.3 Å². The van der Waals surface area contributed by atoms with Crippen molar-refractivity contribution < 1.29 is 18.3 Å². The number of nitrogens with zero attached hydrogens (tertiary/aromatic N) is 3. The predicted octanol–water partition coefficient (Wildman–Crippen LogP) is 2.25. The number of halogens is 2. The monoisotopic (exact) mass is 301 g/mol. The first kappa shape index (κ1) is 17.4. The molecule has 0 bridgehead atoms. The fourth-order valence-electron chi connectivity index (χ4n) is 2.05. The van der Waals surface area contributed by atoms with Gasteiger partial charge in [0.15, 0.2) is 0 Å². The van der Waals surface area contributed by atoms with Crippen LogP contribution in [0.1, 0.15) is 20.8 Å². The van der Waals surface area contributed by atoms with Crippen LogP contribution >= 0.6 is 0 Å². The molecule has 1 atom stereocenters. The van der Waals surface area contributed by atoms with Crippen LogP contribution in [0.25, 0.3) is 0 Å². The van der Waals surface area contributed by atoms with Gasteiger partial charge in [-0.2, -0.15) is 5.26 Å². The summed E-state index contributed by atoms with van der Waals surface area (Å²) in [4.78, 5) is 14.9. The molecule has 1 heterocycles. The summed E-state index contributed by atoms with van der Waals surface area (Å²) in [6, 6.07) is 0.663. The molecule has 7 heteroatoms. The normalized spacial score (nSPS) is 20.8. The molecule has 1 saturated heterocycles. The van der Waals surface area contributed by atoms with Crippen molar-refractivity contribution in [2.24, 2.45) is 0 Å². The highest BCUT2D eigenvalue weighted by molar-refractivity contribution is 5.68. The van der Waals surface area contributed by atoms with E-state index in [4.69, 9.17) is 10.00 Å². The summed E-state index contributed by atoms with van der Waals surface area (Å²) in [6.07, 6.45) is -0.413. The Balaban J connectivity index is 2.69. The molecule has 1 fully saturated rings. The maximum Gasteiger partial charge on any atom is 0.410 e. The quantitative estimate of drug-likeness (QED) is 0.750. The van der Waals surface area contributed by atoms with E-state index in [2.05, 4.69) is 0 Å². The van der Waals surface area contributed by atoms with E-state index in [1.54, 1.807) is 31.7 Å². The number of piperazine rings is 1. The van der Waals surface area contributed by atoms with Gasteiger partial charge < -0.3 is 4.74 Å². The molecule has 0 spiro atoms. The fraction of sp³-hybridized carbons (Fsp3) is 0.714. The van der Waals surface area contributed by atoms with Crippen LogP contribution in [0.5, 0.6) is 0 Å². The van der Waals surface area contributed by atoms with Gasteiger partial charge in [-0.1, -0.05) is 6.08 Å². The average Bonchev–Trinajstić information content (AvgIpc) is 2.36. The summed E-state index contributed by atoms with van der Waals surface area (Å²) in [5, 5.41) is 8.41. The van der Waals surface area contributed by atoms with Crippen molar-refractivity contribution in [3.63, 3.8) is 0 Å². The van der Waals surface area contributed by atoms with Gasteiger partial charge in [0.2, 0.25) is 0 Å². The number of amides is 1. The molecule has 0 aromatic rings. The second-order valence-corrected chi connectivity index (χ2v) is 5.87. The van der Waals surface area contributed by atoms with Gasteiger partial charge >= 0.3 is 6.09 Å². The summed E-state index contributed by atoms with van der Waals surface area (Å²) in [5.74, 6) is 0. The average molecular weight is 301 g/mol. The van der Waals surface area contributed by atoms with Crippen molar-refractivity contribution in [2.75, 3.05) is 26.2 Å². The van der Waals surface area contributed by atoms with E-state index >= 15 is 0 Å². The molecule has 118 valence electrons. The Morgan fingerprint density at radius 2 is 2.14 bits per heavy atom. The van der Waals surface area contributed by atoms with E-state index in [0.29, 0.717) is 13.1 Å². The van der Waals surface area contributed by atoms with Crippen LogP contribution in [-0.2, 0) is 4.74 Å². The Kier molecular flexibility index (Phi) is 6.09. The highest BCUT2D eigenvalue weighted by Crippen LogP contribution is 2.20. The van der Waals surface area contributed by atoms with Gasteiger partial charge in [-0.3, -0.25) is 9.80 Å². The lowest BCUT2D eigenvalue weighted by atomic mass is 10.1. The lowest BCUT2D eigenvalue weighted by molar-refractivity contribution is -0.0406. The highest BCUT2D eigenvalue weighted by Gasteiger charge is 2.38. The van der Waals surface area contributed by atoms with Crippen LogP contribution in [0.2, 0.25) is 0 Å². The third-order valence-corrected chi connectivity index (χ3v) is 2.98.